The molecule has 0 aliphatic heterocycles. The molecule has 0 aromatic heterocycles. The standard InChI is InChI=1S/C11H11ClO3/c12-8-6-7(2-3-9(8)13)11(10(14)15)4-1-5-11/h2-3,6,13H,1,4-5H2,(H,14,15). The maximum absolute atomic E-state index is 11.2. The summed E-state index contributed by atoms with van der Waals surface area (Å²) in [6.45, 7) is 0. The molecule has 1 aliphatic carbocycles. The smallest absolute Gasteiger partial charge is 0.314 e. The van der Waals surface area contributed by atoms with Crippen LogP contribution in [0.2, 0.25) is 5.02 Å². The third kappa shape index (κ3) is 1.47. The quantitative estimate of drug-likeness (QED) is 0.815. The number of benzene rings is 1. The molecule has 0 unspecified atom stereocenters. The number of hydrogen-bond acceptors (Lipinski definition) is 2. The van der Waals surface area contributed by atoms with Gasteiger partial charge in [-0.25, -0.2) is 0 Å². The lowest BCUT2D eigenvalue weighted by molar-refractivity contribution is -0.147. The third-order valence-electron chi connectivity index (χ3n) is 3.12. The SMILES string of the molecule is O=C(O)C1(c2ccc(O)c(Cl)c2)CCC1. The molecule has 2 rings (SSSR count). The molecule has 1 aromatic carbocycles. The summed E-state index contributed by atoms with van der Waals surface area (Å²) in [5.41, 5.74) is -0.0961. The second-order valence-corrected chi connectivity index (χ2v) is 4.31. The van der Waals surface area contributed by atoms with Gasteiger partial charge in [-0.05, 0) is 30.5 Å². The van der Waals surface area contributed by atoms with Crippen LogP contribution in [-0.2, 0) is 10.2 Å². The van der Waals surface area contributed by atoms with E-state index in [2.05, 4.69) is 0 Å². The molecule has 80 valence electrons. The first kappa shape index (κ1) is 10.3. The van der Waals surface area contributed by atoms with Crippen molar-refractivity contribution in [2.75, 3.05) is 0 Å². The van der Waals surface area contributed by atoms with Crippen molar-refractivity contribution in [1.29, 1.82) is 0 Å². The Bertz CT molecular complexity index is 410. The second kappa shape index (κ2) is 3.42. The Kier molecular flexibility index (Phi) is 2.35. The van der Waals surface area contributed by atoms with Gasteiger partial charge in [0.1, 0.15) is 5.75 Å². The van der Waals surface area contributed by atoms with Crippen LogP contribution in [0.25, 0.3) is 0 Å². The highest BCUT2D eigenvalue weighted by atomic mass is 35.5. The van der Waals surface area contributed by atoms with Crippen LogP contribution in [0, 0.1) is 0 Å². The zero-order valence-corrected chi connectivity index (χ0v) is 8.79. The molecule has 1 aliphatic rings. The zero-order chi connectivity index (χ0) is 11.1. The van der Waals surface area contributed by atoms with Crippen molar-refractivity contribution in [3.8, 4) is 5.75 Å². The number of rotatable bonds is 2. The maximum Gasteiger partial charge on any atom is 0.314 e. The number of hydrogen-bond donors (Lipinski definition) is 2. The molecule has 0 heterocycles. The van der Waals surface area contributed by atoms with Gasteiger partial charge < -0.3 is 10.2 Å². The number of aliphatic carboxylic acids is 1. The summed E-state index contributed by atoms with van der Waals surface area (Å²) in [6.07, 6.45) is 2.21. The second-order valence-electron chi connectivity index (χ2n) is 3.91. The number of phenolic OH excluding ortho intramolecular Hbond substituents is 1. The van der Waals surface area contributed by atoms with Gasteiger partial charge >= 0.3 is 5.97 Å². The largest absolute Gasteiger partial charge is 0.506 e. The summed E-state index contributed by atoms with van der Waals surface area (Å²) in [6, 6.07) is 4.62. The summed E-state index contributed by atoms with van der Waals surface area (Å²) in [5.74, 6) is -0.823. The molecule has 1 fully saturated rings. The molecule has 0 atom stereocenters. The number of carboxylic acid groups (broad SMARTS) is 1. The number of carbonyl (C=O) groups is 1. The van der Waals surface area contributed by atoms with E-state index in [4.69, 9.17) is 11.6 Å². The van der Waals surface area contributed by atoms with Crippen molar-refractivity contribution in [3.05, 3.63) is 28.8 Å². The topological polar surface area (TPSA) is 57.5 Å². The van der Waals surface area contributed by atoms with Gasteiger partial charge in [0, 0.05) is 0 Å². The van der Waals surface area contributed by atoms with E-state index in [1.165, 1.54) is 6.07 Å². The average Bonchev–Trinajstić information content (AvgIpc) is 2.08. The molecule has 0 spiro atoms. The predicted molar refractivity (Wildman–Crippen MR) is 56.3 cm³/mol. The van der Waals surface area contributed by atoms with Gasteiger partial charge in [0.05, 0.1) is 10.4 Å². The fourth-order valence-electron chi connectivity index (χ4n) is 1.96. The summed E-state index contributed by atoms with van der Waals surface area (Å²) in [5, 5.41) is 18.7. The van der Waals surface area contributed by atoms with E-state index in [0.29, 0.717) is 18.4 Å². The Hall–Kier alpha value is -1.22. The van der Waals surface area contributed by atoms with Gasteiger partial charge in [-0.1, -0.05) is 24.1 Å². The molecule has 1 aromatic rings. The van der Waals surface area contributed by atoms with Crippen LogP contribution in [0.1, 0.15) is 24.8 Å². The first-order valence-corrected chi connectivity index (χ1v) is 5.16. The van der Waals surface area contributed by atoms with Crippen molar-refractivity contribution in [1.82, 2.24) is 0 Å². The molecule has 2 N–H and O–H groups in total. The lowest BCUT2D eigenvalue weighted by Gasteiger charge is -2.38. The van der Waals surface area contributed by atoms with Crippen LogP contribution in [0.4, 0.5) is 0 Å². The highest BCUT2D eigenvalue weighted by Gasteiger charge is 2.46. The van der Waals surface area contributed by atoms with Gasteiger partial charge in [0.15, 0.2) is 0 Å². The van der Waals surface area contributed by atoms with Gasteiger partial charge in [0.2, 0.25) is 0 Å². The number of carboxylic acids is 1. The van der Waals surface area contributed by atoms with Crippen LogP contribution in [0.5, 0.6) is 5.75 Å². The zero-order valence-electron chi connectivity index (χ0n) is 8.03. The summed E-state index contributed by atoms with van der Waals surface area (Å²) < 4.78 is 0. The Morgan fingerprint density at radius 2 is 2.07 bits per heavy atom. The Morgan fingerprint density at radius 1 is 1.40 bits per heavy atom. The molecular formula is C11H11ClO3. The fraction of sp³-hybridized carbons (Fsp3) is 0.364. The normalized spacial score (nSPS) is 18.2. The van der Waals surface area contributed by atoms with Gasteiger partial charge in [-0.15, -0.1) is 0 Å². The molecule has 3 nitrogen and oxygen atoms in total. The van der Waals surface area contributed by atoms with Crippen molar-refractivity contribution in [2.45, 2.75) is 24.7 Å². The van der Waals surface area contributed by atoms with E-state index in [1.807, 2.05) is 0 Å². The monoisotopic (exact) mass is 226 g/mol. The lowest BCUT2D eigenvalue weighted by atomic mass is 9.64. The number of halogens is 1. The van der Waals surface area contributed by atoms with Gasteiger partial charge in [0.25, 0.3) is 0 Å². The first-order valence-electron chi connectivity index (χ1n) is 4.79. The van der Waals surface area contributed by atoms with Gasteiger partial charge in [-0.2, -0.15) is 0 Å². The Balaban J connectivity index is 2.44. The maximum atomic E-state index is 11.2. The summed E-state index contributed by atoms with van der Waals surface area (Å²) >= 11 is 5.76. The average molecular weight is 227 g/mol. The van der Waals surface area contributed by atoms with E-state index >= 15 is 0 Å². The number of phenols is 1. The lowest BCUT2D eigenvalue weighted by Crippen LogP contribution is -2.42. The van der Waals surface area contributed by atoms with Crippen molar-refractivity contribution in [2.24, 2.45) is 0 Å². The van der Waals surface area contributed by atoms with Crippen molar-refractivity contribution in [3.63, 3.8) is 0 Å². The van der Waals surface area contributed by atoms with E-state index in [-0.39, 0.29) is 10.8 Å². The van der Waals surface area contributed by atoms with E-state index in [1.54, 1.807) is 12.1 Å². The summed E-state index contributed by atoms with van der Waals surface area (Å²) in [4.78, 5) is 11.2. The minimum Gasteiger partial charge on any atom is -0.506 e. The number of aromatic hydroxyl groups is 1. The van der Waals surface area contributed by atoms with Crippen molar-refractivity contribution >= 4 is 17.6 Å². The highest BCUT2D eigenvalue weighted by molar-refractivity contribution is 6.32. The van der Waals surface area contributed by atoms with Crippen LogP contribution in [0.15, 0.2) is 18.2 Å². The van der Waals surface area contributed by atoms with Crippen molar-refractivity contribution < 1.29 is 15.0 Å². The van der Waals surface area contributed by atoms with E-state index < -0.39 is 11.4 Å². The van der Waals surface area contributed by atoms with Crippen LogP contribution < -0.4 is 0 Å². The molecular weight excluding hydrogens is 216 g/mol. The first-order chi connectivity index (χ1) is 7.06. The minimum absolute atomic E-state index is 0.0136. The molecule has 15 heavy (non-hydrogen) atoms. The third-order valence-corrected chi connectivity index (χ3v) is 3.42. The minimum atomic E-state index is -0.810. The van der Waals surface area contributed by atoms with Gasteiger partial charge in [-0.3, -0.25) is 4.79 Å². The van der Waals surface area contributed by atoms with Crippen LogP contribution in [0.3, 0.4) is 0 Å². The molecule has 0 saturated heterocycles. The Morgan fingerprint density at radius 3 is 2.47 bits per heavy atom. The Labute approximate surface area is 92.3 Å². The molecule has 0 radical (unpaired) electrons. The summed E-state index contributed by atoms with van der Waals surface area (Å²) in [7, 11) is 0. The van der Waals surface area contributed by atoms with E-state index in [0.717, 1.165) is 6.42 Å². The molecule has 0 bridgehead atoms. The highest BCUT2D eigenvalue weighted by Crippen LogP contribution is 2.45. The predicted octanol–water partition coefficient (Wildman–Crippen LogP) is 2.55. The van der Waals surface area contributed by atoms with Crippen LogP contribution >= 0.6 is 11.6 Å². The van der Waals surface area contributed by atoms with E-state index in [9.17, 15) is 15.0 Å². The fourth-order valence-corrected chi connectivity index (χ4v) is 2.14. The molecule has 4 heteroatoms. The molecule has 1 saturated carbocycles. The molecule has 0 amide bonds. The van der Waals surface area contributed by atoms with Crippen LogP contribution in [-0.4, -0.2) is 16.2 Å².